The molecule has 10 heteroatoms. The zero-order valence-corrected chi connectivity index (χ0v) is 20.4. The molecule has 1 saturated heterocycles. The van der Waals surface area contributed by atoms with Crippen LogP contribution in [-0.2, 0) is 23.9 Å². The Morgan fingerprint density at radius 2 is 1.89 bits per heavy atom. The van der Waals surface area contributed by atoms with Gasteiger partial charge in [-0.1, -0.05) is 25.0 Å². The standard InChI is InChI=1S/C25H37N3O7/c1-34-23(32)25-14-16(25)9-5-3-2-4-6-12-19(26-24(33)35-18-10-7-8-11-18)22(31)28-15-17(29)13-20(28)21(30)27-25/h5,9,16-20,29H,2-4,6-8,10-15H2,1H3,(H,26,33)(H,27,30)/p+1/b9-5-/t16?,17-,19-,20-,25+/m0/s1. The number of fused-ring (bicyclic) bond motifs is 2. The molecule has 1 unspecified atom stereocenters. The number of carbonyl (C=O) groups is 4. The van der Waals surface area contributed by atoms with E-state index in [2.05, 4.69) is 10.6 Å². The van der Waals surface area contributed by atoms with Crippen LogP contribution in [0.15, 0.2) is 12.2 Å². The van der Waals surface area contributed by atoms with E-state index >= 15 is 0 Å². The van der Waals surface area contributed by atoms with E-state index in [-0.39, 0.29) is 30.9 Å². The van der Waals surface area contributed by atoms with E-state index in [0.717, 1.165) is 51.4 Å². The maximum Gasteiger partial charge on any atom is 0.408 e. The molecule has 194 valence electrons. The minimum atomic E-state index is -1.12. The van der Waals surface area contributed by atoms with Crippen molar-refractivity contribution in [2.45, 2.75) is 100 Å². The molecule has 0 aromatic carbocycles. The topological polar surface area (TPSA) is 137 Å². The van der Waals surface area contributed by atoms with Gasteiger partial charge in [-0.05, 0) is 51.4 Å². The molecular weight excluding hydrogens is 454 g/mol. The van der Waals surface area contributed by atoms with Gasteiger partial charge in [0.1, 0.15) is 23.7 Å². The van der Waals surface area contributed by atoms with Crippen molar-refractivity contribution in [3.05, 3.63) is 12.2 Å². The summed E-state index contributed by atoms with van der Waals surface area (Å²) in [6.45, 7) is 0.0985. The SMILES string of the molecule is COC(=O)[C@@]12CC1/C=C\CCCCC[C@H](NC(=O)OC1CCCC1)C(=O)N1C[C@@H]([OH2+])C[C@H]1C(=O)N2. The minimum absolute atomic E-state index is 0.0985. The lowest BCUT2D eigenvalue weighted by Crippen LogP contribution is -2.56. The molecule has 0 aromatic heterocycles. The lowest BCUT2D eigenvalue weighted by molar-refractivity contribution is -0.148. The first kappa shape index (κ1) is 25.5. The summed E-state index contributed by atoms with van der Waals surface area (Å²) in [7, 11) is 1.30. The third kappa shape index (κ3) is 5.79. The van der Waals surface area contributed by atoms with Gasteiger partial charge in [0.2, 0.25) is 11.8 Å². The quantitative estimate of drug-likeness (QED) is 0.346. The van der Waals surface area contributed by atoms with E-state index in [9.17, 15) is 19.2 Å². The number of hydrogen-bond acceptors (Lipinski definition) is 6. The number of ether oxygens (including phenoxy) is 2. The molecule has 4 rings (SSSR count). The molecule has 35 heavy (non-hydrogen) atoms. The van der Waals surface area contributed by atoms with E-state index in [4.69, 9.17) is 14.6 Å². The van der Waals surface area contributed by atoms with Crippen molar-refractivity contribution in [2.24, 2.45) is 5.92 Å². The van der Waals surface area contributed by atoms with Gasteiger partial charge in [0.15, 0.2) is 6.10 Å². The Balaban J connectivity index is 1.52. The first-order chi connectivity index (χ1) is 16.8. The van der Waals surface area contributed by atoms with E-state index in [1.165, 1.54) is 12.0 Å². The number of allylic oxidation sites excluding steroid dienone is 1. The molecule has 0 bridgehead atoms. The molecule has 0 spiro atoms. The van der Waals surface area contributed by atoms with Gasteiger partial charge in [-0.3, -0.25) is 9.59 Å². The fourth-order valence-electron chi connectivity index (χ4n) is 5.60. The van der Waals surface area contributed by atoms with Gasteiger partial charge in [0.05, 0.1) is 20.1 Å². The molecule has 2 aliphatic carbocycles. The average Bonchev–Trinajstić information content (AvgIpc) is 3.14. The maximum absolute atomic E-state index is 13.6. The number of rotatable bonds is 3. The monoisotopic (exact) mass is 492 g/mol. The number of hydrogen-bond donors (Lipinski definition) is 2. The van der Waals surface area contributed by atoms with Gasteiger partial charge in [-0.15, -0.1) is 0 Å². The number of esters is 1. The van der Waals surface area contributed by atoms with Crippen LogP contribution in [0, 0.1) is 5.92 Å². The molecule has 2 saturated carbocycles. The number of amides is 3. The summed E-state index contributed by atoms with van der Waals surface area (Å²) in [6.07, 6.45) is 10.8. The van der Waals surface area contributed by atoms with Crippen molar-refractivity contribution in [1.82, 2.24) is 15.5 Å². The van der Waals surface area contributed by atoms with Crippen molar-refractivity contribution >= 4 is 23.9 Å². The second kappa shape index (κ2) is 11.0. The van der Waals surface area contributed by atoms with Crippen LogP contribution in [0.1, 0.15) is 70.6 Å². The molecule has 3 fully saturated rings. The van der Waals surface area contributed by atoms with E-state index in [1.54, 1.807) is 0 Å². The molecule has 4 N–H and O–H groups in total. The predicted molar refractivity (Wildman–Crippen MR) is 126 cm³/mol. The summed E-state index contributed by atoms with van der Waals surface area (Å²) in [5.74, 6) is -1.49. The van der Waals surface area contributed by atoms with Gasteiger partial charge in [0.25, 0.3) is 0 Å². The van der Waals surface area contributed by atoms with Crippen LogP contribution in [0.2, 0.25) is 0 Å². The van der Waals surface area contributed by atoms with Gasteiger partial charge < -0.3 is 30.1 Å². The fraction of sp³-hybridized carbons (Fsp3) is 0.760. The number of alkyl carbamates (subject to hydrolysis) is 1. The number of methoxy groups -OCH3 is 1. The second-order valence-corrected chi connectivity index (χ2v) is 10.3. The molecule has 4 aliphatic rings. The highest BCUT2D eigenvalue weighted by Gasteiger charge is 2.62. The van der Waals surface area contributed by atoms with E-state index < -0.39 is 41.7 Å². The molecule has 2 aliphatic heterocycles. The molecule has 5 atom stereocenters. The summed E-state index contributed by atoms with van der Waals surface area (Å²) in [6, 6.07) is -1.70. The van der Waals surface area contributed by atoms with Crippen LogP contribution in [0.25, 0.3) is 0 Å². The van der Waals surface area contributed by atoms with Gasteiger partial charge in [-0.25, -0.2) is 9.59 Å². The maximum atomic E-state index is 13.6. The van der Waals surface area contributed by atoms with Gasteiger partial charge in [0, 0.05) is 5.92 Å². The highest BCUT2D eigenvalue weighted by Crippen LogP contribution is 2.46. The van der Waals surface area contributed by atoms with Crippen LogP contribution in [0.5, 0.6) is 0 Å². The molecular formula is C25H38N3O7+. The number of carbonyl (C=O) groups excluding carboxylic acids is 4. The van der Waals surface area contributed by atoms with Crippen molar-refractivity contribution in [3.8, 4) is 0 Å². The zero-order chi connectivity index (χ0) is 25.0. The van der Waals surface area contributed by atoms with Crippen LogP contribution < -0.4 is 10.6 Å². The Morgan fingerprint density at radius 1 is 1.14 bits per heavy atom. The third-order valence-corrected chi connectivity index (χ3v) is 7.70. The zero-order valence-electron chi connectivity index (χ0n) is 20.4. The minimum Gasteiger partial charge on any atom is -0.467 e. The lowest BCUT2D eigenvalue weighted by Gasteiger charge is -2.29. The van der Waals surface area contributed by atoms with Crippen molar-refractivity contribution < 1.29 is 33.8 Å². The largest absolute Gasteiger partial charge is 0.467 e. The van der Waals surface area contributed by atoms with Gasteiger partial charge in [-0.2, -0.15) is 0 Å². The van der Waals surface area contributed by atoms with Crippen LogP contribution in [0.3, 0.4) is 0 Å². The average molecular weight is 493 g/mol. The smallest absolute Gasteiger partial charge is 0.408 e. The summed E-state index contributed by atoms with van der Waals surface area (Å²) in [4.78, 5) is 53.4. The number of nitrogens with zero attached hydrogens (tertiary/aromatic N) is 1. The Hall–Kier alpha value is -2.62. The normalized spacial score (nSPS) is 35.1. The lowest BCUT2D eigenvalue weighted by atomic mass is 10.0. The summed E-state index contributed by atoms with van der Waals surface area (Å²) < 4.78 is 10.5. The Morgan fingerprint density at radius 3 is 2.63 bits per heavy atom. The number of nitrogens with one attached hydrogen (secondary N) is 2. The van der Waals surface area contributed by atoms with Crippen LogP contribution in [-0.4, -0.2) is 77.4 Å². The second-order valence-electron chi connectivity index (χ2n) is 10.3. The summed E-state index contributed by atoms with van der Waals surface area (Å²) in [5, 5.41) is 13.8. The van der Waals surface area contributed by atoms with E-state index in [0.29, 0.717) is 12.8 Å². The van der Waals surface area contributed by atoms with Crippen molar-refractivity contribution in [3.63, 3.8) is 0 Å². The fourth-order valence-corrected chi connectivity index (χ4v) is 5.60. The Labute approximate surface area is 205 Å². The molecule has 2 heterocycles. The van der Waals surface area contributed by atoms with Crippen LogP contribution in [0.4, 0.5) is 4.79 Å². The first-order valence-electron chi connectivity index (χ1n) is 12.9. The predicted octanol–water partition coefficient (Wildman–Crippen LogP) is 1.29. The van der Waals surface area contributed by atoms with Gasteiger partial charge >= 0.3 is 12.1 Å². The summed E-state index contributed by atoms with van der Waals surface area (Å²) in [5.41, 5.74) is -1.12. The molecule has 0 aromatic rings. The van der Waals surface area contributed by atoms with E-state index in [1.807, 2.05) is 12.2 Å². The highest BCUT2D eigenvalue weighted by atomic mass is 16.6. The van der Waals surface area contributed by atoms with Crippen molar-refractivity contribution in [1.29, 1.82) is 0 Å². The molecule has 10 nitrogen and oxygen atoms in total. The Bertz CT molecular complexity index is 856. The first-order valence-corrected chi connectivity index (χ1v) is 12.9. The molecule has 0 radical (unpaired) electrons. The summed E-state index contributed by atoms with van der Waals surface area (Å²) >= 11 is 0. The Kier molecular flexibility index (Phi) is 7.98. The third-order valence-electron chi connectivity index (χ3n) is 7.70. The highest BCUT2D eigenvalue weighted by molar-refractivity contribution is 5.96. The van der Waals surface area contributed by atoms with Crippen LogP contribution >= 0.6 is 0 Å². The molecule has 3 amide bonds. The van der Waals surface area contributed by atoms with Crippen molar-refractivity contribution in [2.75, 3.05) is 13.7 Å².